The van der Waals surface area contributed by atoms with Crippen LogP contribution in [0.25, 0.3) is 0 Å². The first kappa shape index (κ1) is 14.0. The van der Waals surface area contributed by atoms with E-state index in [2.05, 4.69) is 10.6 Å². The van der Waals surface area contributed by atoms with Gasteiger partial charge in [-0.25, -0.2) is 4.79 Å². The normalized spacial score (nSPS) is 10.2. The predicted molar refractivity (Wildman–Crippen MR) is 71.6 cm³/mol. The van der Waals surface area contributed by atoms with E-state index in [0.717, 1.165) is 5.56 Å². The highest BCUT2D eigenvalue weighted by atomic mass is 16.2. The minimum Gasteiger partial charge on any atom is -0.366 e. The number of amides is 3. The molecule has 1 aromatic carbocycles. The van der Waals surface area contributed by atoms with E-state index in [1.807, 2.05) is 13.8 Å². The number of benzene rings is 1. The van der Waals surface area contributed by atoms with E-state index in [1.165, 1.54) is 0 Å². The van der Waals surface area contributed by atoms with Crippen LogP contribution in [0.15, 0.2) is 18.2 Å². The topological polar surface area (TPSA) is 84.2 Å². The zero-order chi connectivity index (χ0) is 13.7. The van der Waals surface area contributed by atoms with Crippen LogP contribution in [0.1, 0.15) is 29.8 Å². The quantitative estimate of drug-likeness (QED) is 0.761. The average Bonchev–Trinajstić information content (AvgIpc) is 2.26. The van der Waals surface area contributed by atoms with Gasteiger partial charge in [-0.1, -0.05) is 13.8 Å². The SMILES string of the molecule is Cc1cc(NC(=O)NCC(C)C)ccc1C(N)=O. The van der Waals surface area contributed by atoms with Gasteiger partial charge in [-0.2, -0.15) is 0 Å². The Balaban J connectivity index is 2.66. The molecule has 18 heavy (non-hydrogen) atoms. The molecule has 0 saturated carbocycles. The Kier molecular flexibility index (Phi) is 4.71. The van der Waals surface area contributed by atoms with Crippen LogP contribution in [-0.4, -0.2) is 18.5 Å². The van der Waals surface area contributed by atoms with Crippen molar-refractivity contribution < 1.29 is 9.59 Å². The number of rotatable bonds is 4. The molecular weight excluding hydrogens is 230 g/mol. The molecule has 0 aliphatic rings. The Hall–Kier alpha value is -2.04. The molecule has 0 aliphatic carbocycles. The summed E-state index contributed by atoms with van der Waals surface area (Å²) in [7, 11) is 0. The molecular formula is C13H19N3O2. The van der Waals surface area contributed by atoms with Gasteiger partial charge in [-0.3, -0.25) is 4.79 Å². The molecule has 0 fully saturated rings. The number of carbonyl (C=O) groups is 2. The number of urea groups is 1. The third kappa shape index (κ3) is 4.08. The molecule has 0 aliphatic heterocycles. The Morgan fingerprint density at radius 3 is 2.50 bits per heavy atom. The van der Waals surface area contributed by atoms with E-state index >= 15 is 0 Å². The molecule has 0 spiro atoms. The Morgan fingerprint density at radius 2 is 2.00 bits per heavy atom. The fourth-order valence-electron chi connectivity index (χ4n) is 1.49. The fourth-order valence-corrected chi connectivity index (χ4v) is 1.49. The maximum absolute atomic E-state index is 11.5. The first-order valence-corrected chi connectivity index (χ1v) is 5.85. The summed E-state index contributed by atoms with van der Waals surface area (Å²) in [5.41, 5.74) is 7.05. The maximum Gasteiger partial charge on any atom is 0.319 e. The molecule has 1 rings (SSSR count). The van der Waals surface area contributed by atoms with Gasteiger partial charge in [0.2, 0.25) is 5.91 Å². The van der Waals surface area contributed by atoms with Gasteiger partial charge in [-0.15, -0.1) is 0 Å². The summed E-state index contributed by atoms with van der Waals surface area (Å²) < 4.78 is 0. The predicted octanol–water partition coefficient (Wildman–Crippen LogP) is 1.87. The molecule has 0 saturated heterocycles. The van der Waals surface area contributed by atoms with Gasteiger partial charge in [0.15, 0.2) is 0 Å². The van der Waals surface area contributed by atoms with Crippen LogP contribution in [0.5, 0.6) is 0 Å². The van der Waals surface area contributed by atoms with E-state index in [9.17, 15) is 9.59 Å². The van der Waals surface area contributed by atoms with Crippen LogP contribution >= 0.6 is 0 Å². The summed E-state index contributed by atoms with van der Waals surface area (Å²) >= 11 is 0. The molecule has 0 heterocycles. The molecule has 0 unspecified atom stereocenters. The van der Waals surface area contributed by atoms with Gasteiger partial charge < -0.3 is 16.4 Å². The van der Waals surface area contributed by atoms with Gasteiger partial charge in [0, 0.05) is 17.8 Å². The van der Waals surface area contributed by atoms with Crippen molar-refractivity contribution in [2.45, 2.75) is 20.8 Å². The third-order valence-electron chi connectivity index (χ3n) is 2.42. The van der Waals surface area contributed by atoms with Crippen LogP contribution in [0.4, 0.5) is 10.5 Å². The van der Waals surface area contributed by atoms with Crippen molar-refractivity contribution in [3.63, 3.8) is 0 Å². The second-order valence-electron chi connectivity index (χ2n) is 4.62. The number of nitrogens with one attached hydrogen (secondary N) is 2. The maximum atomic E-state index is 11.5. The minimum absolute atomic E-state index is 0.255. The lowest BCUT2D eigenvalue weighted by atomic mass is 10.1. The van der Waals surface area contributed by atoms with Crippen LogP contribution in [0.2, 0.25) is 0 Å². The highest BCUT2D eigenvalue weighted by Gasteiger charge is 2.07. The minimum atomic E-state index is -0.469. The largest absolute Gasteiger partial charge is 0.366 e. The summed E-state index contributed by atoms with van der Waals surface area (Å²) in [6.07, 6.45) is 0. The van der Waals surface area contributed by atoms with E-state index < -0.39 is 5.91 Å². The molecule has 3 amide bonds. The summed E-state index contributed by atoms with van der Waals surface area (Å²) in [5, 5.41) is 5.45. The first-order valence-electron chi connectivity index (χ1n) is 5.85. The van der Waals surface area contributed by atoms with Crippen LogP contribution in [-0.2, 0) is 0 Å². The highest BCUT2D eigenvalue weighted by Crippen LogP contribution is 2.14. The van der Waals surface area contributed by atoms with Crippen LogP contribution < -0.4 is 16.4 Å². The van der Waals surface area contributed by atoms with Crippen molar-refractivity contribution in [3.8, 4) is 0 Å². The Bertz CT molecular complexity index is 456. The highest BCUT2D eigenvalue weighted by molar-refractivity contribution is 5.95. The first-order chi connectivity index (χ1) is 8.40. The number of anilines is 1. The van der Waals surface area contributed by atoms with Crippen molar-refractivity contribution in [2.24, 2.45) is 11.7 Å². The number of hydrogen-bond acceptors (Lipinski definition) is 2. The molecule has 4 N–H and O–H groups in total. The van der Waals surface area contributed by atoms with Crippen molar-refractivity contribution >= 4 is 17.6 Å². The summed E-state index contributed by atoms with van der Waals surface area (Å²) in [4.78, 5) is 22.6. The molecule has 0 radical (unpaired) electrons. The zero-order valence-electron chi connectivity index (χ0n) is 10.9. The van der Waals surface area contributed by atoms with Crippen molar-refractivity contribution in [1.29, 1.82) is 0 Å². The lowest BCUT2D eigenvalue weighted by Gasteiger charge is -2.10. The lowest BCUT2D eigenvalue weighted by molar-refractivity contribution is 0.0999. The van der Waals surface area contributed by atoms with Gasteiger partial charge >= 0.3 is 6.03 Å². The number of aryl methyl sites for hydroxylation is 1. The van der Waals surface area contributed by atoms with Gasteiger partial charge in [0.05, 0.1) is 0 Å². The molecule has 0 aromatic heterocycles. The molecule has 98 valence electrons. The number of primary amides is 1. The van der Waals surface area contributed by atoms with Crippen molar-refractivity contribution in [1.82, 2.24) is 5.32 Å². The second-order valence-corrected chi connectivity index (χ2v) is 4.62. The molecule has 0 atom stereocenters. The summed E-state index contributed by atoms with van der Waals surface area (Å²) in [6.45, 7) is 6.43. The molecule has 1 aromatic rings. The van der Waals surface area contributed by atoms with Gasteiger partial charge in [0.1, 0.15) is 0 Å². The number of carbonyl (C=O) groups excluding carboxylic acids is 2. The number of nitrogens with two attached hydrogens (primary N) is 1. The Labute approximate surface area is 107 Å². The van der Waals surface area contributed by atoms with E-state index in [4.69, 9.17) is 5.73 Å². The van der Waals surface area contributed by atoms with Crippen molar-refractivity contribution in [3.05, 3.63) is 29.3 Å². The fraction of sp³-hybridized carbons (Fsp3) is 0.385. The molecule has 5 nitrogen and oxygen atoms in total. The standard InChI is InChI=1S/C13H19N3O2/c1-8(2)7-15-13(18)16-10-4-5-11(12(14)17)9(3)6-10/h4-6,8H,7H2,1-3H3,(H2,14,17)(H2,15,16,18). The lowest BCUT2D eigenvalue weighted by Crippen LogP contribution is -2.31. The monoisotopic (exact) mass is 249 g/mol. The number of hydrogen-bond donors (Lipinski definition) is 3. The Morgan fingerprint density at radius 1 is 1.33 bits per heavy atom. The molecule has 5 heteroatoms. The molecule has 0 bridgehead atoms. The van der Waals surface area contributed by atoms with Gasteiger partial charge in [-0.05, 0) is 36.6 Å². The van der Waals surface area contributed by atoms with E-state index in [0.29, 0.717) is 23.7 Å². The third-order valence-corrected chi connectivity index (χ3v) is 2.42. The van der Waals surface area contributed by atoms with E-state index in [1.54, 1.807) is 25.1 Å². The van der Waals surface area contributed by atoms with Crippen molar-refractivity contribution in [2.75, 3.05) is 11.9 Å². The van der Waals surface area contributed by atoms with Crippen LogP contribution in [0.3, 0.4) is 0 Å². The average molecular weight is 249 g/mol. The second kappa shape index (κ2) is 6.05. The smallest absolute Gasteiger partial charge is 0.319 e. The summed E-state index contributed by atoms with van der Waals surface area (Å²) in [6, 6.07) is 4.72. The van der Waals surface area contributed by atoms with Gasteiger partial charge in [0.25, 0.3) is 0 Å². The van der Waals surface area contributed by atoms with Crippen LogP contribution in [0, 0.1) is 12.8 Å². The summed E-state index contributed by atoms with van der Waals surface area (Å²) in [5.74, 6) is -0.0713. The zero-order valence-corrected chi connectivity index (χ0v) is 10.9. The van der Waals surface area contributed by atoms with E-state index in [-0.39, 0.29) is 6.03 Å².